The molecule has 122 valence electrons. The van der Waals surface area contributed by atoms with Gasteiger partial charge in [0.2, 0.25) is 0 Å². The van der Waals surface area contributed by atoms with Gasteiger partial charge in [0.05, 0.1) is 17.1 Å². The molecule has 2 aromatic carbocycles. The van der Waals surface area contributed by atoms with E-state index in [0.717, 1.165) is 5.39 Å². The Labute approximate surface area is 143 Å². The van der Waals surface area contributed by atoms with Crippen molar-refractivity contribution >= 4 is 28.5 Å². The molecule has 5 nitrogen and oxygen atoms in total. The van der Waals surface area contributed by atoms with Crippen molar-refractivity contribution in [3.63, 3.8) is 0 Å². The predicted molar refractivity (Wildman–Crippen MR) is 92.6 cm³/mol. The number of aliphatic carboxylic acids is 1. The van der Waals surface area contributed by atoms with Gasteiger partial charge >= 0.3 is 11.7 Å². The maximum Gasteiger partial charge on any atom is 0.348 e. The molecule has 1 atom stereocenters. The molecule has 0 amide bonds. The largest absolute Gasteiger partial charge is 0.481 e. The summed E-state index contributed by atoms with van der Waals surface area (Å²) >= 11 is 5.86. The topological polar surface area (TPSA) is 72.2 Å². The summed E-state index contributed by atoms with van der Waals surface area (Å²) in [6, 6.07) is 13.9. The van der Waals surface area contributed by atoms with Crippen LogP contribution in [0.3, 0.4) is 0 Å². The highest BCUT2D eigenvalue weighted by Gasteiger charge is 2.22. The number of carboxylic acids is 1. The van der Waals surface area contributed by atoms with Crippen LogP contribution >= 0.6 is 11.6 Å². The van der Waals surface area contributed by atoms with Gasteiger partial charge in [-0.25, -0.2) is 4.79 Å². The van der Waals surface area contributed by atoms with E-state index in [4.69, 9.17) is 11.6 Å². The van der Waals surface area contributed by atoms with E-state index in [-0.39, 0.29) is 6.54 Å². The molecule has 0 aliphatic rings. The molecule has 3 rings (SSSR count). The first-order valence-electron chi connectivity index (χ1n) is 7.42. The fraction of sp³-hybridized carbons (Fsp3) is 0.167. The molecule has 0 aliphatic heterocycles. The Morgan fingerprint density at radius 2 is 1.88 bits per heavy atom. The molecular formula is C18H15ClN2O3. The standard InChI is InChI=1S/C18H15ClN2O3/c1-11-14-4-2-3-5-16(14)21(18(24)20-11)10-15(17(22)23)12-6-8-13(19)9-7-12/h2-9,15H,10H2,1H3,(H,22,23). The third-order valence-corrected chi connectivity index (χ3v) is 4.27. The van der Waals surface area contributed by atoms with Crippen LogP contribution in [-0.4, -0.2) is 20.6 Å². The Bertz CT molecular complexity index is 964. The summed E-state index contributed by atoms with van der Waals surface area (Å²) in [6.45, 7) is 1.77. The predicted octanol–water partition coefficient (Wildman–Crippen LogP) is 3.23. The number of carboxylic acid groups (broad SMARTS) is 1. The van der Waals surface area contributed by atoms with Gasteiger partial charge in [-0.3, -0.25) is 9.36 Å². The third-order valence-electron chi connectivity index (χ3n) is 4.01. The fourth-order valence-corrected chi connectivity index (χ4v) is 2.89. The van der Waals surface area contributed by atoms with Crippen LogP contribution in [0.15, 0.2) is 53.3 Å². The number of aryl methyl sites for hydroxylation is 1. The van der Waals surface area contributed by atoms with Gasteiger partial charge in [0, 0.05) is 17.0 Å². The lowest BCUT2D eigenvalue weighted by atomic mass is 9.99. The molecule has 0 aliphatic carbocycles. The number of aromatic nitrogens is 2. The van der Waals surface area contributed by atoms with Crippen LogP contribution in [0, 0.1) is 6.92 Å². The molecule has 0 saturated heterocycles. The quantitative estimate of drug-likeness (QED) is 0.790. The molecule has 6 heteroatoms. The van der Waals surface area contributed by atoms with E-state index in [1.807, 2.05) is 18.2 Å². The third kappa shape index (κ3) is 3.03. The lowest BCUT2D eigenvalue weighted by Gasteiger charge is -2.17. The van der Waals surface area contributed by atoms with E-state index in [1.165, 1.54) is 4.57 Å². The summed E-state index contributed by atoms with van der Waals surface area (Å²) in [4.78, 5) is 28.1. The number of fused-ring (bicyclic) bond motifs is 1. The molecule has 0 fully saturated rings. The molecule has 24 heavy (non-hydrogen) atoms. The van der Waals surface area contributed by atoms with Gasteiger partial charge in [0.15, 0.2) is 0 Å². The monoisotopic (exact) mass is 342 g/mol. The van der Waals surface area contributed by atoms with Crippen LogP contribution in [0.25, 0.3) is 10.9 Å². The van der Waals surface area contributed by atoms with Crippen molar-refractivity contribution in [3.05, 3.63) is 75.3 Å². The van der Waals surface area contributed by atoms with Gasteiger partial charge < -0.3 is 5.11 Å². The molecular weight excluding hydrogens is 328 g/mol. The van der Waals surface area contributed by atoms with Gasteiger partial charge in [0.1, 0.15) is 0 Å². The number of halogens is 1. The number of carbonyl (C=O) groups is 1. The molecule has 1 aromatic heterocycles. The molecule has 1 unspecified atom stereocenters. The fourth-order valence-electron chi connectivity index (χ4n) is 2.76. The van der Waals surface area contributed by atoms with Crippen molar-refractivity contribution in [2.75, 3.05) is 0 Å². The van der Waals surface area contributed by atoms with E-state index in [9.17, 15) is 14.7 Å². The molecule has 0 radical (unpaired) electrons. The summed E-state index contributed by atoms with van der Waals surface area (Å²) in [5, 5.41) is 11.0. The van der Waals surface area contributed by atoms with Crippen LogP contribution in [0.5, 0.6) is 0 Å². The Balaban J connectivity index is 2.11. The summed E-state index contributed by atoms with van der Waals surface area (Å²) in [5.74, 6) is -1.87. The first-order valence-corrected chi connectivity index (χ1v) is 7.79. The smallest absolute Gasteiger partial charge is 0.348 e. The lowest BCUT2D eigenvalue weighted by Crippen LogP contribution is -2.29. The van der Waals surface area contributed by atoms with E-state index in [1.54, 1.807) is 37.3 Å². The first kappa shape index (κ1) is 16.2. The number of para-hydroxylation sites is 1. The highest BCUT2D eigenvalue weighted by atomic mass is 35.5. The second-order valence-electron chi connectivity index (χ2n) is 5.55. The van der Waals surface area contributed by atoms with Gasteiger partial charge in [-0.05, 0) is 30.7 Å². The summed E-state index contributed by atoms with van der Waals surface area (Å²) in [6.07, 6.45) is 0. The lowest BCUT2D eigenvalue weighted by molar-refractivity contribution is -0.139. The number of hydrogen-bond donors (Lipinski definition) is 1. The van der Waals surface area contributed by atoms with Gasteiger partial charge in [-0.15, -0.1) is 0 Å². The highest BCUT2D eigenvalue weighted by Crippen LogP contribution is 2.22. The van der Waals surface area contributed by atoms with Crippen molar-refractivity contribution in [1.82, 2.24) is 9.55 Å². The maximum absolute atomic E-state index is 12.3. The van der Waals surface area contributed by atoms with E-state index < -0.39 is 17.6 Å². The van der Waals surface area contributed by atoms with Crippen LogP contribution < -0.4 is 5.69 Å². The number of hydrogen-bond acceptors (Lipinski definition) is 3. The van der Waals surface area contributed by atoms with Crippen molar-refractivity contribution in [3.8, 4) is 0 Å². The molecule has 1 N–H and O–H groups in total. The Hall–Kier alpha value is -2.66. The Morgan fingerprint density at radius 3 is 2.54 bits per heavy atom. The van der Waals surface area contributed by atoms with Gasteiger partial charge in [-0.2, -0.15) is 4.98 Å². The second kappa shape index (κ2) is 6.45. The minimum atomic E-state index is -1.01. The van der Waals surface area contributed by atoms with Crippen LogP contribution in [0.1, 0.15) is 17.2 Å². The Kier molecular flexibility index (Phi) is 4.36. The Morgan fingerprint density at radius 1 is 1.21 bits per heavy atom. The number of benzene rings is 2. The zero-order valence-corrected chi connectivity index (χ0v) is 13.7. The van der Waals surface area contributed by atoms with E-state index in [0.29, 0.717) is 21.8 Å². The van der Waals surface area contributed by atoms with Crippen molar-refractivity contribution < 1.29 is 9.90 Å². The molecule has 0 bridgehead atoms. The van der Waals surface area contributed by atoms with Gasteiger partial charge in [0.25, 0.3) is 0 Å². The van der Waals surface area contributed by atoms with Crippen molar-refractivity contribution in [1.29, 1.82) is 0 Å². The van der Waals surface area contributed by atoms with Gasteiger partial charge in [-0.1, -0.05) is 41.9 Å². The summed E-state index contributed by atoms with van der Waals surface area (Å²) in [5.41, 5.74) is 1.44. The zero-order chi connectivity index (χ0) is 17.3. The zero-order valence-electron chi connectivity index (χ0n) is 12.9. The second-order valence-corrected chi connectivity index (χ2v) is 5.99. The average molecular weight is 343 g/mol. The minimum absolute atomic E-state index is 0.00356. The van der Waals surface area contributed by atoms with E-state index >= 15 is 0 Å². The minimum Gasteiger partial charge on any atom is -0.481 e. The normalized spacial score (nSPS) is 12.2. The highest BCUT2D eigenvalue weighted by molar-refractivity contribution is 6.30. The summed E-state index contributed by atoms with van der Waals surface area (Å²) in [7, 11) is 0. The molecule has 3 aromatic rings. The molecule has 0 saturated carbocycles. The van der Waals surface area contributed by atoms with Crippen molar-refractivity contribution in [2.24, 2.45) is 0 Å². The molecule has 0 spiro atoms. The maximum atomic E-state index is 12.3. The first-order chi connectivity index (χ1) is 11.5. The van der Waals surface area contributed by atoms with E-state index in [2.05, 4.69) is 4.98 Å². The van der Waals surface area contributed by atoms with Crippen LogP contribution in [0.4, 0.5) is 0 Å². The van der Waals surface area contributed by atoms with Crippen molar-refractivity contribution in [2.45, 2.75) is 19.4 Å². The SMILES string of the molecule is Cc1nc(=O)n(CC(C(=O)O)c2ccc(Cl)cc2)c2ccccc12. The average Bonchev–Trinajstić information content (AvgIpc) is 2.56. The number of rotatable bonds is 4. The van der Waals surface area contributed by atoms with Crippen LogP contribution in [0.2, 0.25) is 5.02 Å². The molecule has 1 heterocycles. The number of nitrogens with zero attached hydrogens (tertiary/aromatic N) is 2. The van der Waals surface area contributed by atoms with Crippen LogP contribution in [-0.2, 0) is 11.3 Å². The summed E-state index contributed by atoms with van der Waals surface area (Å²) < 4.78 is 1.41.